The van der Waals surface area contributed by atoms with Crippen molar-refractivity contribution in [2.24, 2.45) is 5.92 Å². The van der Waals surface area contributed by atoms with Gasteiger partial charge in [0.1, 0.15) is 5.75 Å². The van der Waals surface area contributed by atoms with Gasteiger partial charge in [-0.05, 0) is 30.9 Å². The molecule has 1 aromatic carbocycles. The van der Waals surface area contributed by atoms with Crippen molar-refractivity contribution in [3.05, 3.63) is 35.9 Å². The maximum atomic E-state index is 12.0. The highest BCUT2D eigenvalue weighted by atomic mass is 16.5. The summed E-state index contributed by atoms with van der Waals surface area (Å²) >= 11 is 0. The van der Waals surface area contributed by atoms with Gasteiger partial charge in [0.2, 0.25) is 5.91 Å². The summed E-state index contributed by atoms with van der Waals surface area (Å²) in [5.41, 5.74) is 0.918. The van der Waals surface area contributed by atoms with Crippen molar-refractivity contribution in [1.82, 2.24) is 5.32 Å². The highest BCUT2D eigenvalue weighted by Crippen LogP contribution is 2.23. The molecule has 0 radical (unpaired) electrons. The van der Waals surface area contributed by atoms with Crippen LogP contribution in [-0.2, 0) is 4.79 Å². The van der Waals surface area contributed by atoms with Gasteiger partial charge in [-0.15, -0.1) is 0 Å². The van der Waals surface area contributed by atoms with Crippen molar-refractivity contribution < 1.29 is 9.53 Å². The van der Waals surface area contributed by atoms with Crippen LogP contribution >= 0.6 is 0 Å². The summed E-state index contributed by atoms with van der Waals surface area (Å²) in [5.74, 6) is 1.34. The zero-order valence-electron chi connectivity index (χ0n) is 12.3. The molecule has 1 fully saturated rings. The Morgan fingerprint density at radius 1 is 1.30 bits per heavy atom. The number of carbonyl (C=O) groups is 1. The van der Waals surface area contributed by atoms with Gasteiger partial charge >= 0.3 is 0 Å². The average Bonchev–Trinajstić information content (AvgIpc) is 2.48. The van der Waals surface area contributed by atoms with Gasteiger partial charge in [0.05, 0.1) is 7.11 Å². The third-order valence-electron chi connectivity index (χ3n) is 3.99. The summed E-state index contributed by atoms with van der Waals surface area (Å²) in [6.45, 7) is 2.22. The number of carbonyl (C=O) groups excluding carboxylic acids is 1. The Bertz CT molecular complexity index is 482. The molecule has 108 valence electrons. The predicted molar refractivity (Wildman–Crippen MR) is 81.6 cm³/mol. The Labute approximate surface area is 121 Å². The van der Waals surface area contributed by atoms with Crippen LogP contribution in [-0.4, -0.2) is 19.1 Å². The van der Waals surface area contributed by atoms with E-state index >= 15 is 0 Å². The van der Waals surface area contributed by atoms with Crippen LogP contribution in [0.5, 0.6) is 5.75 Å². The lowest BCUT2D eigenvalue weighted by Gasteiger charge is -2.29. The van der Waals surface area contributed by atoms with Crippen LogP contribution in [0.15, 0.2) is 30.3 Å². The maximum Gasteiger partial charge on any atom is 0.244 e. The quantitative estimate of drug-likeness (QED) is 0.854. The molecule has 3 heteroatoms. The lowest BCUT2D eigenvalue weighted by molar-refractivity contribution is -0.117. The molecule has 1 aliphatic rings. The number of nitrogens with one attached hydrogen (secondary N) is 1. The summed E-state index contributed by atoms with van der Waals surface area (Å²) in [7, 11) is 1.64. The molecule has 2 unspecified atom stereocenters. The van der Waals surface area contributed by atoms with Crippen LogP contribution < -0.4 is 10.1 Å². The fourth-order valence-electron chi connectivity index (χ4n) is 2.73. The van der Waals surface area contributed by atoms with Crippen LogP contribution in [0.4, 0.5) is 0 Å². The van der Waals surface area contributed by atoms with Crippen molar-refractivity contribution >= 4 is 12.0 Å². The number of amides is 1. The Morgan fingerprint density at radius 3 is 2.80 bits per heavy atom. The molecule has 1 aliphatic carbocycles. The molecule has 1 N–H and O–H groups in total. The predicted octanol–water partition coefficient (Wildman–Crippen LogP) is 3.40. The largest absolute Gasteiger partial charge is 0.496 e. The SMILES string of the molecule is COc1ccccc1/C=C/C(=O)NC1CCCCC1C. The number of hydrogen-bond acceptors (Lipinski definition) is 2. The van der Waals surface area contributed by atoms with Crippen molar-refractivity contribution in [1.29, 1.82) is 0 Å². The number of methoxy groups -OCH3 is 1. The minimum Gasteiger partial charge on any atom is -0.496 e. The second-order valence-electron chi connectivity index (χ2n) is 5.45. The molecule has 0 bridgehead atoms. The van der Waals surface area contributed by atoms with E-state index in [2.05, 4.69) is 12.2 Å². The second kappa shape index (κ2) is 7.13. The van der Waals surface area contributed by atoms with Gasteiger partial charge in [-0.2, -0.15) is 0 Å². The standard InChI is InChI=1S/C17H23NO2/c1-13-7-3-5-9-15(13)18-17(19)12-11-14-8-4-6-10-16(14)20-2/h4,6,8,10-13,15H,3,5,7,9H2,1-2H3,(H,18,19)/b12-11+. The van der Waals surface area contributed by atoms with Gasteiger partial charge < -0.3 is 10.1 Å². The van der Waals surface area contributed by atoms with Crippen molar-refractivity contribution in [3.8, 4) is 5.75 Å². The molecule has 2 rings (SSSR count). The van der Waals surface area contributed by atoms with Gasteiger partial charge in [0, 0.05) is 17.7 Å². The summed E-state index contributed by atoms with van der Waals surface area (Å²) in [6, 6.07) is 7.99. The van der Waals surface area contributed by atoms with Crippen LogP contribution in [0.2, 0.25) is 0 Å². The van der Waals surface area contributed by atoms with E-state index in [1.165, 1.54) is 19.3 Å². The Kier molecular flexibility index (Phi) is 5.22. The van der Waals surface area contributed by atoms with E-state index in [0.29, 0.717) is 12.0 Å². The number of benzene rings is 1. The summed E-state index contributed by atoms with van der Waals surface area (Å²) in [5, 5.41) is 3.11. The number of para-hydroxylation sites is 1. The molecule has 3 nitrogen and oxygen atoms in total. The fourth-order valence-corrected chi connectivity index (χ4v) is 2.73. The molecule has 0 aromatic heterocycles. The molecule has 0 saturated heterocycles. The summed E-state index contributed by atoms with van der Waals surface area (Å²) in [4.78, 5) is 12.0. The Hall–Kier alpha value is -1.77. The Balaban J connectivity index is 1.95. The number of hydrogen-bond donors (Lipinski definition) is 1. The first-order valence-corrected chi connectivity index (χ1v) is 7.32. The lowest BCUT2D eigenvalue weighted by atomic mass is 9.86. The minimum atomic E-state index is -0.0188. The molecule has 1 amide bonds. The molecule has 20 heavy (non-hydrogen) atoms. The van der Waals surface area contributed by atoms with E-state index in [0.717, 1.165) is 17.7 Å². The number of rotatable bonds is 4. The molecule has 0 aliphatic heterocycles. The van der Waals surface area contributed by atoms with E-state index in [1.807, 2.05) is 30.3 Å². The van der Waals surface area contributed by atoms with Crippen molar-refractivity contribution in [2.75, 3.05) is 7.11 Å². The maximum absolute atomic E-state index is 12.0. The van der Waals surface area contributed by atoms with Crippen LogP contribution in [0, 0.1) is 5.92 Å². The molecule has 0 heterocycles. The van der Waals surface area contributed by atoms with Gasteiger partial charge in [-0.1, -0.05) is 38.0 Å². The third-order valence-corrected chi connectivity index (χ3v) is 3.99. The molecular formula is C17H23NO2. The highest BCUT2D eigenvalue weighted by Gasteiger charge is 2.21. The van der Waals surface area contributed by atoms with Gasteiger partial charge in [-0.3, -0.25) is 4.79 Å². The normalized spacial score (nSPS) is 22.7. The second-order valence-corrected chi connectivity index (χ2v) is 5.45. The van der Waals surface area contributed by atoms with E-state index in [4.69, 9.17) is 4.74 Å². The van der Waals surface area contributed by atoms with Crippen molar-refractivity contribution in [3.63, 3.8) is 0 Å². The first kappa shape index (κ1) is 14.6. The molecular weight excluding hydrogens is 250 g/mol. The highest BCUT2D eigenvalue weighted by molar-refractivity contribution is 5.92. The summed E-state index contributed by atoms with van der Waals surface area (Å²) < 4.78 is 5.26. The molecule has 1 aromatic rings. The molecule has 1 saturated carbocycles. The van der Waals surface area contributed by atoms with Crippen LogP contribution in [0.3, 0.4) is 0 Å². The first-order chi connectivity index (χ1) is 9.70. The molecule has 0 spiro atoms. The van der Waals surface area contributed by atoms with E-state index in [9.17, 15) is 4.79 Å². The van der Waals surface area contributed by atoms with E-state index in [-0.39, 0.29) is 5.91 Å². The van der Waals surface area contributed by atoms with Gasteiger partial charge in [0.25, 0.3) is 0 Å². The first-order valence-electron chi connectivity index (χ1n) is 7.32. The Morgan fingerprint density at radius 2 is 2.05 bits per heavy atom. The number of ether oxygens (including phenoxy) is 1. The van der Waals surface area contributed by atoms with E-state index in [1.54, 1.807) is 13.2 Å². The summed E-state index contributed by atoms with van der Waals surface area (Å²) in [6.07, 6.45) is 8.20. The van der Waals surface area contributed by atoms with Crippen molar-refractivity contribution in [2.45, 2.75) is 38.6 Å². The minimum absolute atomic E-state index is 0.0188. The molecule has 2 atom stereocenters. The van der Waals surface area contributed by atoms with Gasteiger partial charge in [-0.25, -0.2) is 0 Å². The van der Waals surface area contributed by atoms with Crippen LogP contribution in [0.25, 0.3) is 6.08 Å². The van der Waals surface area contributed by atoms with Gasteiger partial charge in [0.15, 0.2) is 0 Å². The zero-order chi connectivity index (χ0) is 14.4. The van der Waals surface area contributed by atoms with E-state index < -0.39 is 0 Å². The smallest absolute Gasteiger partial charge is 0.244 e. The zero-order valence-corrected chi connectivity index (χ0v) is 12.3. The fraction of sp³-hybridized carbons (Fsp3) is 0.471. The monoisotopic (exact) mass is 273 g/mol. The van der Waals surface area contributed by atoms with Crippen LogP contribution in [0.1, 0.15) is 38.2 Å². The lowest BCUT2D eigenvalue weighted by Crippen LogP contribution is -2.40. The topological polar surface area (TPSA) is 38.3 Å². The third kappa shape index (κ3) is 3.86. The average molecular weight is 273 g/mol.